The molecule has 0 aromatic heterocycles. The maximum absolute atomic E-state index is 12.9. The van der Waals surface area contributed by atoms with Crippen LogP contribution in [0, 0.1) is 0 Å². The highest BCUT2D eigenvalue weighted by molar-refractivity contribution is 6.63. The van der Waals surface area contributed by atoms with E-state index in [9.17, 15) is 4.79 Å². The Morgan fingerprint density at radius 3 is 2.29 bits per heavy atom. The van der Waals surface area contributed by atoms with Gasteiger partial charge in [0.15, 0.2) is 11.5 Å². The number of carbonyl (C=O) groups excluding carboxylic acids is 1. The molecule has 158 valence electrons. The van der Waals surface area contributed by atoms with Gasteiger partial charge in [-0.15, -0.1) is 0 Å². The van der Waals surface area contributed by atoms with Crippen LogP contribution in [0.1, 0.15) is 38.1 Å². The number of nitrogens with one attached hydrogen (secondary N) is 1. The van der Waals surface area contributed by atoms with Gasteiger partial charge in [0.1, 0.15) is 0 Å². The van der Waals surface area contributed by atoms with Crippen molar-refractivity contribution in [3.05, 3.63) is 60.2 Å². The zero-order valence-electron chi connectivity index (χ0n) is 18.0. The SMILES string of the molecule is CC1(C)OB(c2ccc(NC(=O)c3ccc4ccccc4c3)c3c2OCO3)OC1(C)C. The van der Waals surface area contributed by atoms with Crippen LogP contribution in [0.5, 0.6) is 11.5 Å². The second kappa shape index (κ2) is 7.00. The predicted octanol–water partition coefficient (Wildman–Crippen LogP) is 4.12. The molecule has 3 aromatic carbocycles. The summed E-state index contributed by atoms with van der Waals surface area (Å²) in [6, 6.07) is 17.2. The molecule has 31 heavy (non-hydrogen) atoms. The molecule has 1 N–H and O–H groups in total. The summed E-state index contributed by atoms with van der Waals surface area (Å²) in [5, 5.41) is 5.04. The van der Waals surface area contributed by atoms with Crippen LogP contribution in [-0.2, 0) is 9.31 Å². The number of ether oxygens (including phenoxy) is 2. The molecule has 0 atom stereocenters. The van der Waals surface area contributed by atoms with Gasteiger partial charge >= 0.3 is 7.12 Å². The summed E-state index contributed by atoms with van der Waals surface area (Å²) in [7, 11) is -0.578. The van der Waals surface area contributed by atoms with Crippen molar-refractivity contribution in [2.75, 3.05) is 12.1 Å². The molecule has 0 unspecified atom stereocenters. The molecule has 5 rings (SSSR count). The summed E-state index contributed by atoms with van der Waals surface area (Å²) >= 11 is 0. The number of anilines is 1. The van der Waals surface area contributed by atoms with Crippen LogP contribution in [-0.4, -0.2) is 31.0 Å². The van der Waals surface area contributed by atoms with Gasteiger partial charge in [0, 0.05) is 11.0 Å². The molecule has 0 aliphatic carbocycles. The van der Waals surface area contributed by atoms with Crippen molar-refractivity contribution in [3.63, 3.8) is 0 Å². The van der Waals surface area contributed by atoms with E-state index in [2.05, 4.69) is 5.32 Å². The smallest absolute Gasteiger partial charge is 0.454 e. The number of benzene rings is 3. The second-order valence-corrected chi connectivity index (χ2v) is 8.87. The Bertz CT molecular complexity index is 1170. The third-order valence-electron chi connectivity index (χ3n) is 6.32. The van der Waals surface area contributed by atoms with Crippen molar-refractivity contribution in [2.24, 2.45) is 0 Å². The van der Waals surface area contributed by atoms with E-state index in [1.165, 1.54) is 0 Å². The number of hydrogen-bond acceptors (Lipinski definition) is 5. The van der Waals surface area contributed by atoms with Gasteiger partial charge in [0.05, 0.1) is 16.9 Å². The minimum atomic E-state index is -0.578. The maximum atomic E-state index is 12.9. The summed E-state index contributed by atoms with van der Waals surface area (Å²) in [5.74, 6) is 0.808. The maximum Gasteiger partial charge on any atom is 0.498 e. The van der Waals surface area contributed by atoms with Crippen LogP contribution >= 0.6 is 0 Å². The third kappa shape index (κ3) is 3.34. The molecular weight excluding hydrogens is 393 g/mol. The number of amides is 1. The van der Waals surface area contributed by atoms with Crippen molar-refractivity contribution >= 4 is 34.9 Å². The number of hydrogen-bond donors (Lipinski definition) is 1. The van der Waals surface area contributed by atoms with Crippen molar-refractivity contribution < 1.29 is 23.6 Å². The van der Waals surface area contributed by atoms with Gasteiger partial charge < -0.3 is 24.1 Å². The Labute approximate surface area is 181 Å². The Balaban J connectivity index is 1.43. The Hall–Kier alpha value is -3.03. The first-order chi connectivity index (χ1) is 14.7. The monoisotopic (exact) mass is 417 g/mol. The standard InChI is InChI=1S/C24H24BNO5/c1-23(2)24(3,4)31-25(30-23)18-11-12-19(21-20(18)28-14-29-21)26-22(27)17-10-9-15-7-5-6-8-16(15)13-17/h5-13H,14H2,1-4H3,(H,26,27). The fraction of sp³-hybridized carbons (Fsp3) is 0.292. The lowest BCUT2D eigenvalue weighted by Gasteiger charge is -2.32. The van der Waals surface area contributed by atoms with Crippen molar-refractivity contribution in [2.45, 2.75) is 38.9 Å². The van der Waals surface area contributed by atoms with Crippen LogP contribution in [0.15, 0.2) is 54.6 Å². The van der Waals surface area contributed by atoms with Crippen molar-refractivity contribution in [1.29, 1.82) is 0 Å². The molecule has 0 bridgehead atoms. The van der Waals surface area contributed by atoms with Crippen LogP contribution in [0.4, 0.5) is 5.69 Å². The molecule has 2 aliphatic heterocycles. The van der Waals surface area contributed by atoms with Crippen LogP contribution in [0.2, 0.25) is 0 Å². The van der Waals surface area contributed by atoms with Gasteiger partial charge in [-0.2, -0.15) is 0 Å². The summed E-state index contributed by atoms with van der Waals surface area (Å²) in [5.41, 5.74) is 0.933. The van der Waals surface area contributed by atoms with Gasteiger partial charge in [-0.05, 0) is 56.7 Å². The first-order valence-corrected chi connectivity index (χ1v) is 10.3. The Morgan fingerprint density at radius 2 is 1.55 bits per heavy atom. The number of carbonyl (C=O) groups is 1. The van der Waals surface area contributed by atoms with Crippen molar-refractivity contribution in [1.82, 2.24) is 0 Å². The van der Waals surface area contributed by atoms with E-state index in [-0.39, 0.29) is 12.7 Å². The molecule has 3 aromatic rings. The van der Waals surface area contributed by atoms with Gasteiger partial charge in [0.2, 0.25) is 6.79 Å². The second-order valence-electron chi connectivity index (χ2n) is 8.87. The molecule has 0 radical (unpaired) electrons. The summed E-state index contributed by atoms with van der Waals surface area (Å²) in [6.07, 6.45) is 0. The fourth-order valence-corrected chi connectivity index (χ4v) is 3.80. The average Bonchev–Trinajstić information content (AvgIpc) is 3.30. The normalized spacial score (nSPS) is 18.4. The van der Waals surface area contributed by atoms with E-state index in [1.54, 1.807) is 6.07 Å². The molecule has 1 saturated heterocycles. The average molecular weight is 417 g/mol. The minimum Gasteiger partial charge on any atom is -0.454 e. The summed E-state index contributed by atoms with van der Waals surface area (Å²) in [6.45, 7) is 8.08. The largest absolute Gasteiger partial charge is 0.498 e. The van der Waals surface area contributed by atoms with E-state index >= 15 is 0 Å². The van der Waals surface area contributed by atoms with Crippen LogP contribution < -0.4 is 20.3 Å². The highest BCUT2D eigenvalue weighted by Crippen LogP contribution is 2.42. The van der Waals surface area contributed by atoms with Gasteiger partial charge in [0.25, 0.3) is 5.91 Å². The number of rotatable bonds is 3. The van der Waals surface area contributed by atoms with E-state index in [0.29, 0.717) is 22.7 Å². The van der Waals surface area contributed by atoms with E-state index < -0.39 is 18.3 Å². The van der Waals surface area contributed by atoms with Crippen LogP contribution in [0.25, 0.3) is 10.8 Å². The topological polar surface area (TPSA) is 66.0 Å². The zero-order chi connectivity index (χ0) is 21.8. The lowest BCUT2D eigenvalue weighted by atomic mass is 9.78. The number of fused-ring (bicyclic) bond motifs is 2. The molecule has 0 spiro atoms. The summed E-state index contributed by atoms with van der Waals surface area (Å²) < 4.78 is 23.7. The van der Waals surface area contributed by atoms with Gasteiger partial charge in [-0.1, -0.05) is 36.4 Å². The Kier molecular flexibility index (Phi) is 4.50. The summed E-state index contributed by atoms with van der Waals surface area (Å²) in [4.78, 5) is 12.9. The highest BCUT2D eigenvalue weighted by Gasteiger charge is 2.53. The Morgan fingerprint density at radius 1 is 0.871 bits per heavy atom. The van der Waals surface area contributed by atoms with Gasteiger partial charge in [-0.3, -0.25) is 4.79 Å². The molecule has 7 heteroatoms. The lowest BCUT2D eigenvalue weighted by Crippen LogP contribution is -2.41. The minimum absolute atomic E-state index is 0.0741. The molecule has 2 heterocycles. The first kappa shape index (κ1) is 19.9. The molecule has 1 amide bonds. The van der Waals surface area contributed by atoms with Gasteiger partial charge in [-0.25, -0.2) is 0 Å². The fourth-order valence-electron chi connectivity index (χ4n) is 3.80. The molecule has 2 aliphatic rings. The quantitative estimate of drug-likeness (QED) is 0.650. The molecule has 1 fully saturated rings. The zero-order valence-corrected chi connectivity index (χ0v) is 18.0. The van der Waals surface area contributed by atoms with Crippen molar-refractivity contribution in [3.8, 4) is 11.5 Å². The highest BCUT2D eigenvalue weighted by atomic mass is 16.7. The molecule has 0 saturated carbocycles. The predicted molar refractivity (Wildman–Crippen MR) is 120 cm³/mol. The molecule has 6 nitrogen and oxygen atoms in total. The van der Waals surface area contributed by atoms with E-state index in [0.717, 1.165) is 16.2 Å². The van der Waals surface area contributed by atoms with E-state index in [1.807, 2.05) is 76.2 Å². The van der Waals surface area contributed by atoms with Crippen LogP contribution in [0.3, 0.4) is 0 Å². The third-order valence-corrected chi connectivity index (χ3v) is 6.32. The first-order valence-electron chi connectivity index (χ1n) is 10.3. The lowest BCUT2D eigenvalue weighted by molar-refractivity contribution is 0.00578. The van der Waals surface area contributed by atoms with E-state index in [4.69, 9.17) is 18.8 Å². The molecular formula is C24H24BNO5.